The van der Waals surface area contributed by atoms with Crippen molar-refractivity contribution in [3.8, 4) is 0 Å². The standard InChI is InChI=1S/4C16H32O2.2Ni/c4*1-2-3-4-5-6-7-8-9-10-11-12-13-14-15-16(17)18;;/h4*2-15H2,1H3,(H,17,18);;/q;;;;2*+2/p-4. The summed E-state index contributed by atoms with van der Waals surface area (Å²) < 4.78 is 0. The van der Waals surface area contributed by atoms with Crippen molar-refractivity contribution in [2.24, 2.45) is 0 Å². The van der Waals surface area contributed by atoms with Gasteiger partial charge in [0.05, 0.1) is 0 Å². The Morgan fingerprint density at radius 1 is 0.176 bits per heavy atom. The zero-order valence-electron chi connectivity index (χ0n) is 49.5. The number of unbranched alkanes of at least 4 members (excludes halogenated alkanes) is 48. The van der Waals surface area contributed by atoms with Crippen molar-refractivity contribution >= 4 is 23.9 Å². The maximum absolute atomic E-state index is 10.2. The summed E-state index contributed by atoms with van der Waals surface area (Å²) in [6.07, 6.45) is 67.7. The van der Waals surface area contributed by atoms with Crippen LogP contribution in [0, 0.1) is 0 Å². The molecule has 0 heterocycles. The molecular formula is C64H124Ni2O8. The quantitative estimate of drug-likeness (QED) is 0.0430. The van der Waals surface area contributed by atoms with E-state index in [1.807, 2.05) is 0 Å². The Balaban J connectivity index is -0.000000206. The molecule has 0 saturated heterocycles. The second-order valence-corrected chi connectivity index (χ2v) is 21.5. The van der Waals surface area contributed by atoms with Crippen molar-refractivity contribution in [3.05, 3.63) is 0 Å². The number of carboxylic acid groups (broad SMARTS) is 4. The predicted molar refractivity (Wildman–Crippen MR) is 301 cm³/mol. The number of aliphatic carboxylic acids is 4. The Bertz CT molecular complexity index is 885. The van der Waals surface area contributed by atoms with Gasteiger partial charge in [-0.1, -0.05) is 336 Å². The topological polar surface area (TPSA) is 161 Å². The van der Waals surface area contributed by atoms with Gasteiger partial charge >= 0.3 is 33.0 Å². The summed E-state index contributed by atoms with van der Waals surface area (Å²) in [4.78, 5) is 40.8. The van der Waals surface area contributed by atoms with E-state index in [4.69, 9.17) is 0 Å². The summed E-state index contributed by atoms with van der Waals surface area (Å²) in [6, 6.07) is 0. The second kappa shape index (κ2) is 80.7. The number of carbonyl (C=O) groups is 4. The van der Waals surface area contributed by atoms with E-state index in [1.54, 1.807) is 0 Å². The van der Waals surface area contributed by atoms with Crippen molar-refractivity contribution in [1.82, 2.24) is 0 Å². The first-order chi connectivity index (χ1) is 35.1. The minimum Gasteiger partial charge on any atom is -0.550 e. The monoisotopic (exact) mass is 1140 g/mol. The van der Waals surface area contributed by atoms with E-state index in [0.29, 0.717) is 0 Å². The van der Waals surface area contributed by atoms with Crippen molar-refractivity contribution in [2.75, 3.05) is 0 Å². The molecule has 0 amide bonds. The number of carboxylic acids is 4. The molecule has 0 aliphatic rings. The van der Waals surface area contributed by atoms with Gasteiger partial charge in [0.25, 0.3) is 0 Å². The fourth-order valence-corrected chi connectivity index (χ4v) is 9.15. The van der Waals surface area contributed by atoms with Crippen LogP contribution in [-0.4, -0.2) is 23.9 Å². The van der Waals surface area contributed by atoms with Crippen molar-refractivity contribution in [1.29, 1.82) is 0 Å². The summed E-state index contributed by atoms with van der Waals surface area (Å²) in [7, 11) is 0. The Hall–Kier alpha value is -1.13. The van der Waals surface area contributed by atoms with Crippen LogP contribution in [0.3, 0.4) is 0 Å². The van der Waals surface area contributed by atoms with Crippen molar-refractivity contribution in [3.63, 3.8) is 0 Å². The predicted octanol–water partition coefficient (Wildman–Crippen LogP) is 16.9. The van der Waals surface area contributed by atoms with E-state index in [9.17, 15) is 39.6 Å². The molecule has 0 atom stereocenters. The summed E-state index contributed by atoms with van der Waals surface area (Å²) in [5.41, 5.74) is 0. The first-order valence-corrected chi connectivity index (χ1v) is 31.9. The second-order valence-electron chi connectivity index (χ2n) is 21.5. The molecule has 0 unspecified atom stereocenters. The van der Waals surface area contributed by atoms with E-state index < -0.39 is 23.9 Å². The van der Waals surface area contributed by atoms with Gasteiger partial charge in [-0.2, -0.15) is 0 Å². The Morgan fingerprint density at radius 2 is 0.257 bits per heavy atom. The van der Waals surface area contributed by atoms with Gasteiger partial charge in [0, 0.05) is 23.9 Å². The Morgan fingerprint density at radius 3 is 0.338 bits per heavy atom. The average Bonchev–Trinajstić information content (AvgIpc) is 3.35. The fraction of sp³-hybridized carbons (Fsp3) is 0.938. The molecule has 0 rings (SSSR count). The largest absolute Gasteiger partial charge is 2.00 e. The van der Waals surface area contributed by atoms with E-state index in [-0.39, 0.29) is 58.7 Å². The molecule has 0 N–H and O–H groups in total. The van der Waals surface area contributed by atoms with Gasteiger partial charge in [0.1, 0.15) is 0 Å². The van der Waals surface area contributed by atoms with E-state index in [2.05, 4.69) is 27.7 Å². The molecule has 0 aromatic heterocycles. The third-order valence-electron chi connectivity index (χ3n) is 13.9. The van der Waals surface area contributed by atoms with Crippen LogP contribution in [-0.2, 0) is 52.2 Å². The van der Waals surface area contributed by atoms with Crippen LogP contribution < -0.4 is 20.4 Å². The molecule has 8 nitrogen and oxygen atoms in total. The van der Waals surface area contributed by atoms with Crippen molar-refractivity contribution < 1.29 is 72.6 Å². The number of rotatable bonds is 56. The van der Waals surface area contributed by atoms with Crippen LogP contribution in [0.1, 0.15) is 387 Å². The van der Waals surface area contributed by atoms with Crippen molar-refractivity contribution in [2.45, 2.75) is 387 Å². The normalized spacial score (nSPS) is 10.4. The van der Waals surface area contributed by atoms with Crippen LogP contribution in [0.15, 0.2) is 0 Å². The molecule has 74 heavy (non-hydrogen) atoms. The van der Waals surface area contributed by atoms with Crippen LogP contribution >= 0.6 is 0 Å². The molecule has 0 saturated carbocycles. The fourth-order valence-electron chi connectivity index (χ4n) is 9.15. The van der Waals surface area contributed by atoms with Gasteiger partial charge in [-0.3, -0.25) is 0 Å². The zero-order chi connectivity index (χ0) is 53.9. The smallest absolute Gasteiger partial charge is 0.550 e. The molecule has 10 heteroatoms. The van der Waals surface area contributed by atoms with E-state index in [0.717, 1.165) is 51.4 Å². The van der Waals surface area contributed by atoms with Gasteiger partial charge in [-0.25, -0.2) is 0 Å². The Labute approximate surface area is 481 Å². The number of hydrogen-bond acceptors (Lipinski definition) is 8. The molecule has 0 aromatic rings. The van der Waals surface area contributed by atoms with Crippen LogP contribution in [0.5, 0.6) is 0 Å². The Kier molecular flexibility index (Phi) is 91.8. The maximum Gasteiger partial charge on any atom is 2.00 e. The first-order valence-electron chi connectivity index (χ1n) is 31.9. The molecule has 0 aromatic carbocycles. The number of hydrogen-bond donors (Lipinski definition) is 0. The summed E-state index contributed by atoms with van der Waals surface area (Å²) >= 11 is 0. The van der Waals surface area contributed by atoms with Gasteiger partial charge in [0.2, 0.25) is 0 Å². The minimum absolute atomic E-state index is 0. The van der Waals surface area contributed by atoms with Gasteiger partial charge in [-0.15, -0.1) is 0 Å². The summed E-state index contributed by atoms with van der Waals surface area (Å²) in [5, 5.41) is 40.8. The third-order valence-corrected chi connectivity index (χ3v) is 13.9. The van der Waals surface area contributed by atoms with E-state index in [1.165, 1.54) is 283 Å². The van der Waals surface area contributed by atoms with E-state index >= 15 is 0 Å². The van der Waals surface area contributed by atoms with Gasteiger partial charge in [-0.05, 0) is 51.4 Å². The molecule has 0 spiro atoms. The summed E-state index contributed by atoms with van der Waals surface area (Å²) in [5.74, 6) is -3.62. The molecular weight excluding hydrogens is 1010 g/mol. The van der Waals surface area contributed by atoms with Crippen LogP contribution in [0.2, 0.25) is 0 Å². The average molecular weight is 1140 g/mol. The SMILES string of the molecule is CCCCCCCCCCCCCCCC(=O)[O-].CCCCCCCCCCCCCCCC(=O)[O-].CCCCCCCCCCCCCCCC(=O)[O-].CCCCCCCCCCCCCCCC(=O)[O-].[Ni+2].[Ni+2]. The van der Waals surface area contributed by atoms with Gasteiger partial charge < -0.3 is 39.6 Å². The molecule has 0 aliphatic heterocycles. The molecule has 0 aliphatic carbocycles. The van der Waals surface area contributed by atoms with Gasteiger partial charge in [0.15, 0.2) is 0 Å². The first kappa shape index (κ1) is 84.2. The number of carbonyl (C=O) groups excluding carboxylic acids is 4. The van der Waals surface area contributed by atoms with Crippen LogP contribution in [0.25, 0.3) is 0 Å². The third kappa shape index (κ3) is 99.8. The molecule has 448 valence electrons. The molecule has 0 bridgehead atoms. The zero-order valence-corrected chi connectivity index (χ0v) is 51.5. The molecule has 0 fully saturated rings. The summed E-state index contributed by atoms with van der Waals surface area (Å²) in [6.45, 7) is 9.03. The maximum atomic E-state index is 10.2. The molecule has 0 radical (unpaired) electrons. The van der Waals surface area contributed by atoms with Crippen LogP contribution in [0.4, 0.5) is 0 Å². The minimum atomic E-state index is -0.905.